The fourth-order valence-corrected chi connectivity index (χ4v) is 5.23. The number of fused-ring (bicyclic) bond motifs is 1. The molecule has 1 unspecified atom stereocenters. The number of halogens is 1. The first-order valence-electron chi connectivity index (χ1n) is 12.5. The van der Waals surface area contributed by atoms with Crippen molar-refractivity contribution in [2.24, 2.45) is 0 Å². The number of benzene rings is 1. The Labute approximate surface area is 208 Å². The summed E-state index contributed by atoms with van der Waals surface area (Å²) in [6, 6.07) is 9.51. The van der Waals surface area contributed by atoms with Crippen LogP contribution in [0.2, 0.25) is 5.02 Å². The van der Waals surface area contributed by atoms with Crippen LogP contribution < -0.4 is 5.32 Å². The van der Waals surface area contributed by atoms with Crippen LogP contribution in [-0.4, -0.2) is 38.1 Å². The highest BCUT2D eigenvalue weighted by Crippen LogP contribution is 2.32. The molecular formula is C27H37ClN4O2. The van der Waals surface area contributed by atoms with Gasteiger partial charge in [-0.15, -0.1) is 0 Å². The first-order valence-corrected chi connectivity index (χ1v) is 12.9. The number of hydrogen-bond donors (Lipinski definition) is 1. The van der Waals surface area contributed by atoms with Crippen LogP contribution in [0.1, 0.15) is 94.4 Å². The van der Waals surface area contributed by atoms with Crippen LogP contribution in [0.25, 0.3) is 0 Å². The van der Waals surface area contributed by atoms with Crippen molar-refractivity contribution >= 4 is 23.4 Å². The average molecular weight is 485 g/mol. The summed E-state index contributed by atoms with van der Waals surface area (Å²) in [6.07, 6.45) is 7.95. The highest BCUT2D eigenvalue weighted by molar-refractivity contribution is 6.30. The Morgan fingerprint density at radius 1 is 1.15 bits per heavy atom. The molecule has 2 amide bonds. The Hall–Kier alpha value is -2.34. The lowest BCUT2D eigenvalue weighted by Gasteiger charge is -2.44. The minimum absolute atomic E-state index is 0.105. The predicted octanol–water partition coefficient (Wildman–Crippen LogP) is 5.48. The Kier molecular flexibility index (Phi) is 7.09. The summed E-state index contributed by atoms with van der Waals surface area (Å²) >= 11 is 6.23. The molecule has 0 saturated heterocycles. The second kappa shape index (κ2) is 9.73. The fourth-order valence-electron chi connectivity index (χ4n) is 5.02. The number of nitrogens with one attached hydrogen (secondary N) is 1. The maximum Gasteiger partial charge on any atom is 0.273 e. The lowest BCUT2D eigenvalue weighted by atomic mass is 9.91. The molecule has 0 bridgehead atoms. The first-order chi connectivity index (χ1) is 16.1. The molecule has 6 nitrogen and oxygen atoms in total. The number of nitrogens with zero attached hydrogens (tertiary/aromatic N) is 3. The molecular weight excluding hydrogens is 448 g/mol. The van der Waals surface area contributed by atoms with E-state index >= 15 is 0 Å². The van der Waals surface area contributed by atoms with E-state index in [1.165, 1.54) is 19.3 Å². The molecule has 7 heteroatoms. The number of amides is 2. The van der Waals surface area contributed by atoms with E-state index in [9.17, 15) is 9.59 Å². The SMILES string of the molecule is CC(C)(C)c1cc2n(n1)CC(C)(C(=O)NC1CCCCCCC1)N(Cc1cccc(Cl)c1)C2=O. The summed E-state index contributed by atoms with van der Waals surface area (Å²) in [5.41, 5.74) is 1.02. The molecule has 0 radical (unpaired) electrons. The van der Waals surface area contributed by atoms with Crippen LogP contribution in [0.15, 0.2) is 30.3 Å². The molecule has 4 rings (SSSR count). The Bertz CT molecular complexity index is 1050. The Balaban J connectivity index is 1.68. The average Bonchev–Trinajstić information content (AvgIpc) is 3.17. The number of rotatable bonds is 4. The minimum atomic E-state index is -1.06. The summed E-state index contributed by atoms with van der Waals surface area (Å²) in [7, 11) is 0. The molecule has 1 fully saturated rings. The minimum Gasteiger partial charge on any atom is -0.351 e. The molecule has 1 atom stereocenters. The van der Waals surface area contributed by atoms with E-state index < -0.39 is 5.54 Å². The molecule has 2 aromatic rings. The normalized spacial score (nSPS) is 22.1. The van der Waals surface area contributed by atoms with Gasteiger partial charge in [0.1, 0.15) is 11.2 Å². The Morgan fingerprint density at radius 2 is 1.82 bits per heavy atom. The van der Waals surface area contributed by atoms with Gasteiger partial charge in [-0.2, -0.15) is 5.10 Å². The van der Waals surface area contributed by atoms with Gasteiger partial charge in [-0.25, -0.2) is 0 Å². The zero-order valence-corrected chi connectivity index (χ0v) is 21.6. The van der Waals surface area contributed by atoms with E-state index in [2.05, 4.69) is 26.1 Å². The van der Waals surface area contributed by atoms with E-state index in [1.54, 1.807) is 9.58 Å². The molecule has 1 aliphatic carbocycles. The van der Waals surface area contributed by atoms with Crippen molar-refractivity contribution in [1.29, 1.82) is 0 Å². The van der Waals surface area contributed by atoms with E-state index in [4.69, 9.17) is 16.7 Å². The van der Waals surface area contributed by atoms with Crippen LogP contribution >= 0.6 is 11.6 Å². The van der Waals surface area contributed by atoms with Crippen molar-refractivity contribution in [1.82, 2.24) is 20.0 Å². The third-order valence-electron chi connectivity index (χ3n) is 7.23. The Morgan fingerprint density at radius 3 is 2.47 bits per heavy atom. The monoisotopic (exact) mass is 484 g/mol. The summed E-state index contributed by atoms with van der Waals surface area (Å²) < 4.78 is 1.73. The molecule has 2 aliphatic rings. The van der Waals surface area contributed by atoms with Gasteiger partial charge in [0.25, 0.3) is 5.91 Å². The zero-order valence-electron chi connectivity index (χ0n) is 20.9. The standard InChI is InChI=1S/C27H37ClN4O2/c1-26(2,3)23-16-22-24(33)31(17-19-11-10-12-20(28)15-19)27(4,18-32(22)30-23)25(34)29-21-13-8-6-5-7-9-14-21/h10-12,15-16,21H,5-9,13-14,17-18H2,1-4H3,(H,29,34). The van der Waals surface area contributed by atoms with Crippen molar-refractivity contribution < 1.29 is 9.59 Å². The molecule has 1 aromatic carbocycles. The summed E-state index contributed by atoms with van der Waals surface area (Å²) in [5, 5.41) is 8.67. The van der Waals surface area contributed by atoms with Crippen molar-refractivity contribution in [3.8, 4) is 0 Å². The van der Waals surface area contributed by atoms with E-state index in [0.29, 0.717) is 23.8 Å². The second-order valence-corrected chi connectivity index (χ2v) is 11.6. The van der Waals surface area contributed by atoms with Crippen LogP contribution in [0.3, 0.4) is 0 Å². The van der Waals surface area contributed by atoms with Crippen molar-refractivity contribution in [3.63, 3.8) is 0 Å². The molecule has 34 heavy (non-hydrogen) atoms. The van der Waals surface area contributed by atoms with Crippen LogP contribution in [0, 0.1) is 0 Å². The summed E-state index contributed by atoms with van der Waals surface area (Å²) in [4.78, 5) is 29.4. The number of aromatic nitrogens is 2. The number of hydrogen-bond acceptors (Lipinski definition) is 3. The van der Waals surface area contributed by atoms with Gasteiger partial charge in [0, 0.05) is 23.0 Å². The molecule has 1 aromatic heterocycles. The summed E-state index contributed by atoms with van der Waals surface area (Å²) in [5.74, 6) is -0.281. The first kappa shape index (κ1) is 24.8. The molecule has 0 spiro atoms. The lowest BCUT2D eigenvalue weighted by Crippen LogP contribution is -2.64. The quantitative estimate of drug-likeness (QED) is 0.625. The number of carbonyl (C=O) groups excluding carboxylic acids is 2. The third-order valence-corrected chi connectivity index (χ3v) is 7.46. The van der Waals surface area contributed by atoms with E-state index in [0.717, 1.165) is 36.9 Å². The van der Waals surface area contributed by atoms with Crippen molar-refractivity contribution in [2.45, 2.75) is 103 Å². The van der Waals surface area contributed by atoms with Crippen molar-refractivity contribution in [2.75, 3.05) is 0 Å². The maximum atomic E-state index is 13.8. The highest BCUT2D eigenvalue weighted by Gasteiger charge is 2.48. The van der Waals surface area contributed by atoms with E-state index in [-0.39, 0.29) is 23.3 Å². The van der Waals surface area contributed by atoms with Gasteiger partial charge in [0.05, 0.1) is 12.2 Å². The van der Waals surface area contributed by atoms with Crippen molar-refractivity contribution in [3.05, 3.63) is 52.3 Å². The maximum absolute atomic E-state index is 13.8. The smallest absolute Gasteiger partial charge is 0.273 e. The third kappa shape index (κ3) is 5.17. The number of carbonyl (C=O) groups is 2. The molecule has 1 saturated carbocycles. The van der Waals surface area contributed by atoms with Crippen LogP contribution in [0.5, 0.6) is 0 Å². The van der Waals surface area contributed by atoms with Gasteiger partial charge in [-0.05, 0) is 43.5 Å². The van der Waals surface area contributed by atoms with Gasteiger partial charge in [0.15, 0.2) is 0 Å². The molecule has 1 aliphatic heterocycles. The molecule has 2 heterocycles. The van der Waals surface area contributed by atoms with Crippen LogP contribution in [0.4, 0.5) is 0 Å². The second-order valence-electron chi connectivity index (χ2n) is 11.1. The van der Waals surface area contributed by atoms with Gasteiger partial charge in [0.2, 0.25) is 5.91 Å². The van der Waals surface area contributed by atoms with Gasteiger partial charge >= 0.3 is 0 Å². The van der Waals surface area contributed by atoms with Gasteiger partial charge in [-0.1, -0.05) is 76.6 Å². The summed E-state index contributed by atoms with van der Waals surface area (Å²) in [6.45, 7) is 8.74. The predicted molar refractivity (Wildman–Crippen MR) is 135 cm³/mol. The van der Waals surface area contributed by atoms with Gasteiger partial charge in [-0.3, -0.25) is 14.3 Å². The van der Waals surface area contributed by atoms with Crippen LogP contribution in [-0.2, 0) is 23.3 Å². The highest BCUT2D eigenvalue weighted by atomic mass is 35.5. The lowest BCUT2D eigenvalue weighted by molar-refractivity contribution is -0.134. The topological polar surface area (TPSA) is 67.2 Å². The largest absolute Gasteiger partial charge is 0.351 e. The zero-order chi connectivity index (χ0) is 24.5. The fraction of sp³-hybridized carbons (Fsp3) is 0.593. The van der Waals surface area contributed by atoms with E-state index in [1.807, 2.05) is 37.3 Å². The van der Waals surface area contributed by atoms with Gasteiger partial charge < -0.3 is 10.2 Å². The molecule has 1 N–H and O–H groups in total. The molecule has 184 valence electrons.